The van der Waals surface area contributed by atoms with Crippen LogP contribution < -0.4 is 0 Å². The molecule has 1 aliphatic carbocycles. The minimum atomic E-state index is 0.190. The van der Waals surface area contributed by atoms with Crippen LogP contribution in [0.3, 0.4) is 0 Å². The van der Waals surface area contributed by atoms with E-state index in [0.29, 0.717) is 11.7 Å². The summed E-state index contributed by atoms with van der Waals surface area (Å²) in [5.41, 5.74) is 3.22. The molecule has 0 aromatic heterocycles. The fourth-order valence-electron chi connectivity index (χ4n) is 5.50. The number of dihydropyridines is 1. The number of rotatable bonds is 6. The SMILES string of the molecule is C=C1C(C2CCCC(CN3CCC(C(=O)c4ccccc4)CC3)CC2)=CC=N/C1=N/SC. The van der Waals surface area contributed by atoms with Crippen molar-refractivity contribution in [2.24, 2.45) is 27.1 Å². The van der Waals surface area contributed by atoms with Crippen LogP contribution in [0.1, 0.15) is 55.3 Å². The van der Waals surface area contributed by atoms with E-state index in [4.69, 9.17) is 0 Å². The number of ketones is 1. The highest BCUT2D eigenvalue weighted by Crippen LogP contribution is 2.36. The fraction of sp³-hybridized carbons (Fsp3) is 0.519. The van der Waals surface area contributed by atoms with Crippen LogP contribution in [-0.4, -0.2) is 48.6 Å². The van der Waals surface area contributed by atoms with E-state index in [1.165, 1.54) is 56.2 Å². The predicted octanol–water partition coefficient (Wildman–Crippen LogP) is 6.02. The molecule has 1 saturated carbocycles. The maximum absolute atomic E-state index is 12.8. The van der Waals surface area contributed by atoms with E-state index in [1.54, 1.807) is 0 Å². The summed E-state index contributed by atoms with van der Waals surface area (Å²) in [4.78, 5) is 19.8. The smallest absolute Gasteiger partial charge is 0.166 e. The molecule has 4 rings (SSSR count). The highest BCUT2D eigenvalue weighted by Gasteiger charge is 2.29. The first-order valence-electron chi connectivity index (χ1n) is 12.0. The number of likely N-dealkylation sites (tertiary alicyclic amines) is 1. The molecular formula is C27H35N3OS. The Morgan fingerprint density at radius 1 is 1.12 bits per heavy atom. The molecule has 4 nitrogen and oxygen atoms in total. The molecule has 2 atom stereocenters. The van der Waals surface area contributed by atoms with Crippen LogP contribution in [0.25, 0.3) is 0 Å². The van der Waals surface area contributed by atoms with Gasteiger partial charge in [-0.15, -0.1) is 0 Å². The minimum absolute atomic E-state index is 0.190. The van der Waals surface area contributed by atoms with Crippen molar-refractivity contribution >= 4 is 29.8 Å². The summed E-state index contributed by atoms with van der Waals surface area (Å²) in [5.74, 6) is 2.63. The molecule has 32 heavy (non-hydrogen) atoms. The average molecular weight is 450 g/mol. The maximum Gasteiger partial charge on any atom is 0.166 e. The van der Waals surface area contributed by atoms with Crippen LogP contribution in [0.15, 0.2) is 63.5 Å². The Bertz CT molecular complexity index is 897. The van der Waals surface area contributed by atoms with E-state index in [-0.39, 0.29) is 5.92 Å². The van der Waals surface area contributed by atoms with E-state index < -0.39 is 0 Å². The van der Waals surface area contributed by atoms with Gasteiger partial charge in [-0.05, 0) is 87.0 Å². The zero-order chi connectivity index (χ0) is 22.3. The first kappa shape index (κ1) is 23.2. The van der Waals surface area contributed by atoms with Gasteiger partial charge in [0.1, 0.15) is 0 Å². The number of hydrogen-bond acceptors (Lipinski definition) is 4. The number of aliphatic imine (C=N–C) groups is 1. The third-order valence-electron chi connectivity index (χ3n) is 7.31. The summed E-state index contributed by atoms with van der Waals surface area (Å²) in [6.45, 7) is 7.58. The Morgan fingerprint density at radius 2 is 1.91 bits per heavy atom. The Balaban J connectivity index is 1.26. The number of Topliss-reactive ketones (excluding diaryl/α,β-unsaturated/α-hetero) is 1. The molecule has 3 aliphatic rings. The minimum Gasteiger partial charge on any atom is -0.303 e. The number of carbonyl (C=O) groups excluding carboxylic acids is 1. The molecular weight excluding hydrogens is 414 g/mol. The van der Waals surface area contributed by atoms with Crippen molar-refractivity contribution in [2.45, 2.75) is 44.9 Å². The molecule has 170 valence electrons. The largest absolute Gasteiger partial charge is 0.303 e. The molecule has 1 aromatic rings. The van der Waals surface area contributed by atoms with E-state index >= 15 is 0 Å². The molecule has 1 aromatic carbocycles. The van der Waals surface area contributed by atoms with Crippen LogP contribution in [0.2, 0.25) is 0 Å². The predicted molar refractivity (Wildman–Crippen MR) is 137 cm³/mol. The zero-order valence-corrected chi connectivity index (χ0v) is 20.0. The first-order chi connectivity index (χ1) is 15.7. The van der Waals surface area contributed by atoms with Gasteiger partial charge in [-0.1, -0.05) is 43.3 Å². The van der Waals surface area contributed by atoms with Gasteiger partial charge in [0.25, 0.3) is 0 Å². The molecule has 5 heteroatoms. The normalized spacial score (nSPS) is 26.7. The van der Waals surface area contributed by atoms with Gasteiger partial charge in [-0.3, -0.25) is 4.79 Å². The molecule has 0 N–H and O–H groups in total. The number of piperidine rings is 1. The average Bonchev–Trinajstić information content (AvgIpc) is 3.07. The van der Waals surface area contributed by atoms with E-state index in [0.717, 1.165) is 48.8 Å². The number of carbonyl (C=O) groups is 1. The van der Waals surface area contributed by atoms with Crippen molar-refractivity contribution in [1.29, 1.82) is 0 Å². The lowest BCUT2D eigenvalue weighted by Gasteiger charge is -2.33. The van der Waals surface area contributed by atoms with Gasteiger partial charge in [-0.25, -0.2) is 4.99 Å². The molecule has 2 unspecified atom stereocenters. The lowest BCUT2D eigenvalue weighted by Crippen LogP contribution is -2.39. The Kier molecular flexibility index (Phi) is 8.15. The van der Waals surface area contributed by atoms with Crippen LogP contribution in [-0.2, 0) is 0 Å². The number of nitrogens with zero attached hydrogens (tertiary/aromatic N) is 3. The monoisotopic (exact) mass is 449 g/mol. The van der Waals surface area contributed by atoms with Gasteiger partial charge < -0.3 is 4.90 Å². The highest BCUT2D eigenvalue weighted by molar-refractivity contribution is 7.97. The molecule has 0 amide bonds. The quantitative estimate of drug-likeness (QED) is 0.303. The molecule has 0 spiro atoms. The summed E-state index contributed by atoms with van der Waals surface area (Å²) in [6.07, 6.45) is 14.3. The van der Waals surface area contributed by atoms with Gasteiger partial charge in [0, 0.05) is 36.1 Å². The van der Waals surface area contributed by atoms with Gasteiger partial charge in [0.05, 0.1) is 0 Å². The summed E-state index contributed by atoms with van der Waals surface area (Å²) >= 11 is 1.44. The number of benzene rings is 1. The van der Waals surface area contributed by atoms with Crippen molar-refractivity contribution in [3.8, 4) is 0 Å². The summed E-state index contributed by atoms with van der Waals surface area (Å²) < 4.78 is 4.43. The third-order valence-corrected chi connectivity index (χ3v) is 7.66. The van der Waals surface area contributed by atoms with Gasteiger partial charge in [0.2, 0.25) is 0 Å². The van der Waals surface area contributed by atoms with Gasteiger partial charge in [-0.2, -0.15) is 4.40 Å². The molecule has 2 fully saturated rings. The summed E-state index contributed by atoms with van der Waals surface area (Å²) in [7, 11) is 0. The fourth-order valence-corrected chi connectivity index (χ4v) is 5.83. The lowest BCUT2D eigenvalue weighted by molar-refractivity contribution is 0.0823. The van der Waals surface area contributed by atoms with Crippen molar-refractivity contribution in [2.75, 3.05) is 25.9 Å². The van der Waals surface area contributed by atoms with Gasteiger partial charge >= 0.3 is 0 Å². The number of amidine groups is 1. The van der Waals surface area contributed by atoms with Crippen molar-refractivity contribution in [3.63, 3.8) is 0 Å². The number of hydrogen-bond donors (Lipinski definition) is 0. The second-order valence-electron chi connectivity index (χ2n) is 9.35. The number of allylic oxidation sites excluding steroid dienone is 1. The maximum atomic E-state index is 12.8. The first-order valence-corrected chi connectivity index (χ1v) is 13.2. The Morgan fingerprint density at radius 3 is 2.66 bits per heavy atom. The second-order valence-corrected chi connectivity index (χ2v) is 9.90. The van der Waals surface area contributed by atoms with Gasteiger partial charge in [0.15, 0.2) is 11.6 Å². The molecule has 2 heterocycles. The van der Waals surface area contributed by atoms with E-state index in [1.807, 2.05) is 42.8 Å². The van der Waals surface area contributed by atoms with Crippen LogP contribution in [0.4, 0.5) is 0 Å². The van der Waals surface area contributed by atoms with E-state index in [2.05, 4.69) is 26.9 Å². The molecule has 1 saturated heterocycles. The molecule has 0 bridgehead atoms. The Labute approximate surface area is 197 Å². The van der Waals surface area contributed by atoms with Crippen molar-refractivity contribution < 1.29 is 4.79 Å². The van der Waals surface area contributed by atoms with E-state index in [9.17, 15) is 4.79 Å². The second kappa shape index (κ2) is 11.2. The van der Waals surface area contributed by atoms with Crippen molar-refractivity contribution in [1.82, 2.24) is 4.90 Å². The highest BCUT2D eigenvalue weighted by atomic mass is 32.2. The zero-order valence-electron chi connectivity index (χ0n) is 19.2. The third kappa shape index (κ3) is 5.68. The topological polar surface area (TPSA) is 45.0 Å². The Hall–Kier alpha value is -1.98. The molecule has 2 aliphatic heterocycles. The van der Waals surface area contributed by atoms with Crippen LogP contribution >= 0.6 is 11.9 Å². The summed E-state index contributed by atoms with van der Waals surface area (Å²) in [5, 5.41) is 0. The lowest BCUT2D eigenvalue weighted by atomic mass is 9.85. The standard InChI is InChI=1S/C27H35N3OS/c1-20-25(13-16-28-27(20)29-32-2)22-10-6-7-21(11-12-22)19-30-17-14-24(15-18-30)26(31)23-8-4-3-5-9-23/h3-5,8-9,13,16,21-22,24H,1,6-7,10-12,14-15,17-19H2,2H3/b29-27+. The van der Waals surface area contributed by atoms with Crippen LogP contribution in [0, 0.1) is 17.8 Å². The van der Waals surface area contributed by atoms with Crippen LogP contribution in [0.5, 0.6) is 0 Å². The van der Waals surface area contributed by atoms with Crippen molar-refractivity contribution in [3.05, 3.63) is 59.7 Å². The summed E-state index contributed by atoms with van der Waals surface area (Å²) in [6, 6.07) is 9.80. The molecule has 0 radical (unpaired) electrons.